The minimum atomic E-state index is -1.31. The molecule has 2 heterocycles. The Hall–Kier alpha value is -3.59. The van der Waals surface area contributed by atoms with Crippen LogP contribution in [0.2, 0.25) is 0 Å². The Labute approximate surface area is 248 Å². The number of hydrogen-bond donors (Lipinski definition) is 0. The molecule has 9 heteroatoms. The quantitative estimate of drug-likeness (QED) is 0.312. The fraction of sp³-hybridized carbons (Fsp3) is 0.233. The van der Waals surface area contributed by atoms with Crippen LogP contribution >= 0.6 is 0 Å². The van der Waals surface area contributed by atoms with Crippen molar-refractivity contribution in [3.63, 3.8) is 0 Å². The number of nitrogens with zero attached hydrogens (tertiary/aromatic N) is 2. The molecule has 1 unspecified atom stereocenters. The minimum Gasteiger partial charge on any atom is -0.548 e. The van der Waals surface area contributed by atoms with E-state index < -0.39 is 18.1 Å². The van der Waals surface area contributed by atoms with Gasteiger partial charge in [0.15, 0.2) is 0 Å². The Kier molecular flexibility index (Phi) is 9.45. The minimum absolute atomic E-state index is 0. The number of ether oxygens (including phenoxy) is 2. The van der Waals surface area contributed by atoms with Gasteiger partial charge < -0.3 is 23.8 Å². The zero-order valence-corrected chi connectivity index (χ0v) is 24.0. The van der Waals surface area contributed by atoms with Gasteiger partial charge in [-0.3, -0.25) is 4.90 Å². The Morgan fingerprint density at radius 1 is 1.03 bits per heavy atom. The maximum atomic E-state index is 12.8. The first-order valence-electron chi connectivity index (χ1n) is 12.4. The first kappa shape index (κ1) is 28.4. The molecule has 39 heavy (non-hydrogen) atoms. The zero-order valence-electron chi connectivity index (χ0n) is 22.0. The average Bonchev–Trinajstić information content (AvgIpc) is 3.32. The summed E-state index contributed by atoms with van der Waals surface area (Å²) in [5.74, 6) is 0.632. The summed E-state index contributed by atoms with van der Waals surface area (Å²) in [7, 11) is 0. The predicted molar refractivity (Wildman–Crippen MR) is 137 cm³/mol. The molecule has 5 rings (SSSR count). The number of amides is 1. The van der Waals surface area contributed by atoms with Crippen LogP contribution in [0.4, 0.5) is 4.79 Å². The van der Waals surface area contributed by atoms with Gasteiger partial charge in [-0.15, -0.1) is 0 Å². The molecule has 0 N–H and O–H groups in total. The Morgan fingerprint density at radius 2 is 1.74 bits per heavy atom. The summed E-state index contributed by atoms with van der Waals surface area (Å²) in [5.41, 5.74) is 4.20. The summed E-state index contributed by atoms with van der Waals surface area (Å²) in [6.45, 7) is 2.40. The van der Waals surface area contributed by atoms with Gasteiger partial charge in [0.25, 0.3) is 0 Å². The first-order chi connectivity index (χ1) is 18.5. The molecule has 0 radical (unpaired) electrons. The van der Waals surface area contributed by atoms with Gasteiger partial charge in [0.05, 0.1) is 30.9 Å². The van der Waals surface area contributed by atoms with Gasteiger partial charge >= 0.3 is 35.7 Å². The Balaban J connectivity index is 0.00000353. The van der Waals surface area contributed by atoms with Crippen molar-refractivity contribution in [2.75, 3.05) is 6.61 Å². The van der Waals surface area contributed by atoms with Crippen molar-refractivity contribution in [1.82, 2.24) is 9.88 Å². The maximum Gasteiger partial charge on any atom is 1.00 e. The van der Waals surface area contributed by atoms with Crippen molar-refractivity contribution in [1.29, 1.82) is 0 Å². The molecule has 1 aromatic heterocycles. The van der Waals surface area contributed by atoms with Crippen molar-refractivity contribution >= 4 is 12.1 Å². The van der Waals surface area contributed by atoms with Crippen molar-refractivity contribution in [2.24, 2.45) is 0 Å². The summed E-state index contributed by atoms with van der Waals surface area (Å²) in [6.07, 6.45) is -0.00123. The van der Waals surface area contributed by atoms with Gasteiger partial charge in [-0.25, -0.2) is 9.78 Å². The molecule has 0 spiro atoms. The van der Waals surface area contributed by atoms with Crippen LogP contribution in [-0.2, 0) is 35.5 Å². The zero-order chi connectivity index (χ0) is 26.5. The van der Waals surface area contributed by atoms with Crippen molar-refractivity contribution in [2.45, 2.75) is 39.0 Å². The average molecular weight is 535 g/mol. The van der Waals surface area contributed by atoms with E-state index in [9.17, 15) is 14.7 Å². The number of aliphatic carboxylic acids is 1. The Morgan fingerprint density at radius 3 is 2.46 bits per heavy atom. The third-order valence-electron chi connectivity index (χ3n) is 6.54. The number of carboxylic acids is 1. The fourth-order valence-electron chi connectivity index (χ4n) is 4.48. The van der Waals surface area contributed by atoms with Crippen LogP contribution in [0.25, 0.3) is 11.5 Å². The molecular weight excluding hydrogens is 507 g/mol. The number of rotatable bonds is 8. The van der Waals surface area contributed by atoms with E-state index in [-0.39, 0.29) is 49.1 Å². The second-order valence-corrected chi connectivity index (χ2v) is 9.12. The van der Waals surface area contributed by atoms with Crippen molar-refractivity contribution < 1.29 is 58.1 Å². The van der Waals surface area contributed by atoms with Crippen LogP contribution in [0.5, 0.6) is 5.75 Å². The molecule has 4 aromatic rings. The van der Waals surface area contributed by atoms with Crippen molar-refractivity contribution in [3.8, 4) is 17.2 Å². The molecule has 0 fully saturated rings. The van der Waals surface area contributed by atoms with Gasteiger partial charge in [0, 0.05) is 12.0 Å². The third kappa shape index (κ3) is 6.89. The molecule has 0 bridgehead atoms. The van der Waals surface area contributed by atoms with Gasteiger partial charge in [0.2, 0.25) is 5.89 Å². The van der Waals surface area contributed by atoms with Gasteiger partial charge in [-0.1, -0.05) is 54.6 Å². The molecule has 1 amide bonds. The van der Waals surface area contributed by atoms with Crippen molar-refractivity contribution in [3.05, 3.63) is 107 Å². The second kappa shape index (κ2) is 13.0. The number of oxazole rings is 1. The number of fused-ring (bicyclic) bond motifs is 1. The third-order valence-corrected chi connectivity index (χ3v) is 6.54. The fourth-order valence-corrected chi connectivity index (χ4v) is 4.48. The number of carbonyl (C=O) groups excluding carboxylic acids is 2. The summed E-state index contributed by atoms with van der Waals surface area (Å²) >= 11 is 0. The summed E-state index contributed by atoms with van der Waals surface area (Å²) < 4.78 is 17.2. The number of benzene rings is 3. The number of hydrogen-bond acceptors (Lipinski definition) is 7. The SMILES string of the molecule is Cc1oc(-c2ccccc2)nc1CCOc1ccc2c(c1)CN(C(=O)OCc1ccccc1)C(C(=O)[O-])C2.[Na+]. The smallest absolute Gasteiger partial charge is 0.548 e. The van der Waals surface area contributed by atoms with Crippen LogP contribution in [-0.4, -0.2) is 34.6 Å². The van der Waals surface area contributed by atoms with Crippen LogP contribution < -0.4 is 39.4 Å². The normalized spacial score (nSPS) is 14.2. The monoisotopic (exact) mass is 534 g/mol. The summed E-state index contributed by atoms with van der Waals surface area (Å²) in [4.78, 5) is 30.4. The molecule has 0 aliphatic carbocycles. The van der Waals surface area contributed by atoms with Crippen LogP contribution in [0.15, 0.2) is 83.3 Å². The van der Waals surface area contributed by atoms with E-state index in [1.807, 2.05) is 79.7 Å². The number of aromatic nitrogens is 1. The molecule has 1 atom stereocenters. The largest absolute Gasteiger partial charge is 1.00 e. The van der Waals surface area contributed by atoms with E-state index in [2.05, 4.69) is 4.98 Å². The second-order valence-electron chi connectivity index (χ2n) is 9.12. The predicted octanol–water partition coefficient (Wildman–Crippen LogP) is 1.09. The molecule has 1 aliphatic rings. The van der Waals surface area contributed by atoms with Crippen LogP contribution in [0, 0.1) is 6.92 Å². The van der Waals surface area contributed by atoms with E-state index in [0.29, 0.717) is 24.7 Å². The topological polar surface area (TPSA) is 105 Å². The van der Waals surface area contributed by atoms with Gasteiger partial charge in [-0.2, -0.15) is 0 Å². The van der Waals surface area contributed by atoms with E-state index in [1.165, 1.54) is 4.90 Å². The molecule has 194 valence electrons. The molecule has 0 saturated heterocycles. The van der Waals surface area contributed by atoms with Crippen LogP contribution in [0.1, 0.15) is 28.1 Å². The number of carbonyl (C=O) groups is 2. The van der Waals surface area contributed by atoms with Gasteiger partial charge in [-0.05, 0) is 54.3 Å². The standard InChI is InChI=1S/C30H28N2O6.Na/c1-20-26(31-28(38-20)22-10-6-3-7-11-22)14-15-36-25-13-12-23-17-27(29(33)34)32(18-24(23)16-25)30(35)37-19-21-8-4-2-5-9-21;/h2-13,16,27H,14-15,17-19H2,1H3,(H,33,34);/q;+1/p-1. The molecular formula is C30H27N2NaO6. The first-order valence-corrected chi connectivity index (χ1v) is 12.4. The molecule has 8 nitrogen and oxygen atoms in total. The number of carboxylic acid groups (broad SMARTS) is 1. The van der Waals surface area contributed by atoms with E-state index in [1.54, 1.807) is 6.07 Å². The van der Waals surface area contributed by atoms with E-state index in [0.717, 1.165) is 33.7 Å². The van der Waals surface area contributed by atoms with Crippen LogP contribution in [0.3, 0.4) is 0 Å². The summed E-state index contributed by atoms with van der Waals surface area (Å²) in [5, 5.41) is 11.8. The van der Waals surface area contributed by atoms with E-state index in [4.69, 9.17) is 13.9 Å². The number of aryl methyl sites for hydroxylation is 1. The van der Waals surface area contributed by atoms with Gasteiger partial charge in [0.1, 0.15) is 18.1 Å². The molecule has 3 aromatic carbocycles. The Bertz CT molecular complexity index is 1420. The maximum absolute atomic E-state index is 12.8. The molecule has 0 saturated carbocycles. The van der Waals surface area contributed by atoms with E-state index >= 15 is 0 Å². The summed E-state index contributed by atoms with van der Waals surface area (Å²) in [6, 6.07) is 23.3. The molecule has 1 aliphatic heterocycles.